The van der Waals surface area contributed by atoms with Crippen molar-refractivity contribution in [3.63, 3.8) is 0 Å². The summed E-state index contributed by atoms with van der Waals surface area (Å²) in [5.41, 5.74) is 0.663. The van der Waals surface area contributed by atoms with E-state index in [0.29, 0.717) is 23.7 Å². The molecule has 7 heteroatoms. The molecular weight excluding hydrogens is 313 g/mol. The Bertz CT molecular complexity index is 792. The average Bonchev–Trinajstić information content (AvgIpc) is 2.61. The van der Waals surface area contributed by atoms with Gasteiger partial charge in [0.15, 0.2) is 0 Å². The molecule has 0 bridgehead atoms. The molecule has 24 heavy (non-hydrogen) atoms. The number of nitrogens with one attached hydrogen (secondary N) is 1. The van der Waals surface area contributed by atoms with Crippen LogP contribution < -0.4 is 10.1 Å². The highest BCUT2D eigenvalue weighted by Crippen LogP contribution is 2.25. The molecule has 0 spiro atoms. The Hall–Kier alpha value is -2.96. The first kappa shape index (κ1) is 15.9. The number of benzene rings is 2. The van der Waals surface area contributed by atoms with Gasteiger partial charge in [0, 0.05) is 19.2 Å². The van der Waals surface area contributed by atoms with Gasteiger partial charge in [-0.3, -0.25) is 15.1 Å². The van der Waals surface area contributed by atoms with Crippen LogP contribution in [0.5, 0.6) is 5.75 Å². The molecule has 1 N–H and O–H groups in total. The summed E-state index contributed by atoms with van der Waals surface area (Å²) in [5, 5.41) is 14.1. The zero-order valence-electron chi connectivity index (χ0n) is 12.9. The van der Waals surface area contributed by atoms with Crippen molar-refractivity contribution in [2.75, 3.05) is 13.1 Å². The van der Waals surface area contributed by atoms with Crippen molar-refractivity contribution in [3.05, 3.63) is 69.5 Å². The molecule has 0 atom stereocenters. The Labute approximate surface area is 138 Å². The highest BCUT2D eigenvalue weighted by atomic mass is 19.1. The summed E-state index contributed by atoms with van der Waals surface area (Å²) >= 11 is 0. The molecule has 0 saturated heterocycles. The summed E-state index contributed by atoms with van der Waals surface area (Å²) in [5.74, 6) is 0.321. The minimum Gasteiger partial charge on any atom is -0.488 e. The van der Waals surface area contributed by atoms with Crippen molar-refractivity contribution in [2.45, 2.75) is 13.0 Å². The number of halogens is 1. The van der Waals surface area contributed by atoms with Crippen molar-refractivity contribution >= 4 is 11.5 Å². The summed E-state index contributed by atoms with van der Waals surface area (Å²) < 4.78 is 19.9. The highest BCUT2D eigenvalue weighted by Gasteiger charge is 2.19. The van der Waals surface area contributed by atoms with E-state index in [1.165, 1.54) is 18.2 Å². The van der Waals surface area contributed by atoms with Gasteiger partial charge in [-0.1, -0.05) is 18.2 Å². The van der Waals surface area contributed by atoms with E-state index in [1.54, 1.807) is 24.3 Å². The molecule has 3 rings (SSSR count). The third kappa shape index (κ3) is 3.34. The predicted molar refractivity (Wildman–Crippen MR) is 87.9 cm³/mol. The molecule has 2 aromatic rings. The van der Waals surface area contributed by atoms with Crippen LogP contribution in [0.3, 0.4) is 0 Å². The summed E-state index contributed by atoms with van der Waals surface area (Å²) in [6.45, 7) is 1.32. The van der Waals surface area contributed by atoms with Gasteiger partial charge in [0.1, 0.15) is 24.0 Å². The maximum Gasteiger partial charge on any atom is 0.276 e. The van der Waals surface area contributed by atoms with E-state index >= 15 is 0 Å². The Morgan fingerprint density at radius 3 is 2.83 bits per heavy atom. The Balaban J connectivity index is 1.88. The van der Waals surface area contributed by atoms with Crippen LogP contribution in [0.4, 0.5) is 10.1 Å². The van der Waals surface area contributed by atoms with Crippen LogP contribution in [0.15, 0.2) is 47.5 Å². The molecule has 124 valence electrons. The SMILES string of the molecule is O=[N+]([O-])c1ccccc1COc1cccc(F)c1C1=NCCCN1. The fraction of sp³-hybridized carbons (Fsp3) is 0.235. The molecular formula is C17H16FN3O3. The minimum atomic E-state index is -0.460. The number of rotatable bonds is 5. The number of para-hydroxylation sites is 1. The topological polar surface area (TPSA) is 76.8 Å². The first-order valence-electron chi connectivity index (χ1n) is 7.59. The van der Waals surface area contributed by atoms with E-state index in [4.69, 9.17) is 4.74 Å². The van der Waals surface area contributed by atoms with Crippen LogP contribution in [0, 0.1) is 15.9 Å². The van der Waals surface area contributed by atoms with E-state index in [-0.39, 0.29) is 17.9 Å². The smallest absolute Gasteiger partial charge is 0.276 e. The maximum atomic E-state index is 14.3. The second kappa shape index (κ2) is 7.08. The number of nitro benzene ring substituents is 1. The number of hydrogen-bond acceptors (Lipinski definition) is 5. The Kier molecular flexibility index (Phi) is 4.69. The monoisotopic (exact) mass is 329 g/mol. The lowest BCUT2D eigenvalue weighted by Gasteiger charge is -2.18. The maximum absolute atomic E-state index is 14.3. The zero-order chi connectivity index (χ0) is 16.9. The Morgan fingerprint density at radius 1 is 1.25 bits per heavy atom. The van der Waals surface area contributed by atoms with Crippen LogP contribution >= 0.6 is 0 Å². The molecule has 1 aliphatic rings. The number of aliphatic imine (C=N–C) groups is 1. The van der Waals surface area contributed by atoms with Crippen LogP contribution in [0.2, 0.25) is 0 Å². The van der Waals surface area contributed by atoms with Gasteiger partial charge < -0.3 is 10.1 Å². The van der Waals surface area contributed by atoms with Gasteiger partial charge in [0.05, 0.1) is 16.1 Å². The number of ether oxygens (including phenoxy) is 1. The van der Waals surface area contributed by atoms with Gasteiger partial charge in [-0.15, -0.1) is 0 Å². The van der Waals surface area contributed by atoms with Crippen molar-refractivity contribution in [1.82, 2.24) is 5.32 Å². The summed E-state index contributed by atoms with van der Waals surface area (Å²) in [6, 6.07) is 10.8. The lowest BCUT2D eigenvalue weighted by molar-refractivity contribution is -0.385. The van der Waals surface area contributed by atoms with Gasteiger partial charge in [-0.05, 0) is 24.6 Å². The number of nitrogens with zero attached hydrogens (tertiary/aromatic N) is 2. The van der Waals surface area contributed by atoms with Gasteiger partial charge in [-0.2, -0.15) is 0 Å². The van der Waals surface area contributed by atoms with Gasteiger partial charge >= 0.3 is 0 Å². The lowest BCUT2D eigenvalue weighted by atomic mass is 10.1. The number of hydrogen-bond donors (Lipinski definition) is 1. The van der Waals surface area contributed by atoms with E-state index < -0.39 is 10.7 Å². The second-order valence-corrected chi connectivity index (χ2v) is 5.30. The third-order valence-corrected chi connectivity index (χ3v) is 3.68. The Morgan fingerprint density at radius 2 is 2.08 bits per heavy atom. The predicted octanol–water partition coefficient (Wildman–Crippen LogP) is 3.05. The molecule has 2 aromatic carbocycles. The fourth-order valence-corrected chi connectivity index (χ4v) is 2.52. The van der Waals surface area contributed by atoms with E-state index in [1.807, 2.05) is 0 Å². The van der Waals surface area contributed by atoms with Crippen molar-refractivity contribution in [2.24, 2.45) is 4.99 Å². The molecule has 0 amide bonds. The normalized spacial score (nSPS) is 13.8. The molecule has 0 aliphatic carbocycles. The van der Waals surface area contributed by atoms with E-state index in [2.05, 4.69) is 10.3 Å². The average molecular weight is 329 g/mol. The molecule has 0 saturated carbocycles. The van der Waals surface area contributed by atoms with Crippen LogP contribution in [0.25, 0.3) is 0 Å². The first-order chi connectivity index (χ1) is 11.7. The summed E-state index contributed by atoms with van der Waals surface area (Å²) in [4.78, 5) is 14.9. The second-order valence-electron chi connectivity index (χ2n) is 5.30. The quantitative estimate of drug-likeness (QED) is 0.675. The number of nitro groups is 1. The lowest BCUT2D eigenvalue weighted by Crippen LogP contribution is -2.31. The van der Waals surface area contributed by atoms with Gasteiger partial charge in [0.25, 0.3) is 5.69 Å². The molecule has 6 nitrogen and oxygen atoms in total. The van der Waals surface area contributed by atoms with Gasteiger partial charge in [-0.25, -0.2) is 4.39 Å². The number of amidine groups is 1. The van der Waals surface area contributed by atoms with Crippen LogP contribution in [-0.4, -0.2) is 23.8 Å². The third-order valence-electron chi connectivity index (χ3n) is 3.68. The summed E-state index contributed by atoms with van der Waals surface area (Å²) in [6.07, 6.45) is 0.893. The van der Waals surface area contributed by atoms with Crippen molar-refractivity contribution < 1.29 is 14.1 Å². The van der Waals surface area contributed by atoms with Crippen LogP contribution in [0.1, 0.15) is 17.5 Å². The van der Waals surface area contributed by atoms with E-state index in [0.717, 1.165) is 13.0 Å². The summed E-state index contributed by atoms with van der Waals surface area (Å²) in [7, 11) is 0. The molecule has 0 aromatic heterocycles. The largest absolute Gasteiger partial charge is 0.488 e. The molecule has 0 unspecified atom stereocenters. The molecule has 1 aliphatic heterocycles. The molecule has 1 heterocycles. The molecule has 0 fully saturated rings. The van der Waals surface area contributed by atoms with Gasteiger partial charge in [0.2, 0.25) is 0 Å². The minimum absolute atomic E-state index is 0.0245. The molecule has 0 radical (unpaired) electrons. The van der Waals surface area contributed by atoms with Crippen LogP contribution in [-0.2, 0) is 6.61 Å². The first-order valence-corrected chi connectivity index (χ1v) is 7.59. The fourth-order valence-electron chi connectivity index (χ4n) is 2.52. The zero-order valence-corrected chi connectivity index (χ0v) is 12.9. The highest BCUT2D eigenvalue weighted by molar-refractivity contribution is 6.01. The van der Waals surface area contributed by atoms with Crippen molar-refractivity contribution in [1.29, 1.82) is 0 Å². The standard InChI is InChI=1S/C17H16FN3O3/c18-13-6-3-8-15(16(13)17-19-9-4-10-20-17)24-11-12-5-1-2-7-14(12)21(22)23/h1-3,5-8H,4,9-11H2,(H,19,20). The van der Waals surface area contributed by atoms with Crippen molar-refractivity contribution in [3.8, 4) is 5.75 Å². The van der Waals surface area contributed by atoms with E-state index in [9.17, 15) is 14.5 Å².